The zero-order chi connectivity index (χ0) is 32.8. The number of nitrogens with zero attached hydrogens (tertiary/aromatic N) is 5. The topological polar surface area (TPSA) is 127 Å². The highest BCUT2D eigenvalue weighted by Crippen LogP contribution is 2.33. The van der Waals surface area contributed by atoms with Crippen LogP contribution in [-0.2, 0) is 16.0 Å². The molecule has 2 aromatic heterocycles. The summed E-state index contributed by atoms with van der Waals surface area (Å²) in [5.41, 5.74) is 5.17. The number of rotatable bonds is 12. The lowest BCUT2D eigenvalue weighted by atomic mass is 9.90. The van der Waals surface area contributed by atoms with Gasteiger partial charge < -0.3 is 30.1 Å². The van der Waals surface area contributed by atoms with Crippen molar-refractivity contribution in [2.24, 2.45) is 11.8 Å². The fourth-order valence-electron chi connectivity index (χ4n) is 7.25. The number of aryl methyl sites for hydroxylation is 1. The van der Waals surface area contributed by atoms with Crippen LogP contribution in [-0.4, -0.2) is 108 Å². The second-order valence-electron chi connectivity index (χ2n) is 13.4. The van der Waals surface area contributed by atoms with E-state index in [-0.39, 0.29) is 24.3 Å². The number of aromatic nitrogens is 2. The largest absolute Gasteiger partial charge is 0.396 e. The van der Waals surface area contributed by atoms with E-state index in [2.05, 4.69) is 54.8 Å². The first kappa shape index (κ1) is 33.6. The van der Waals surface area contributed by atoms with Gasteiger partial charge in [0.15, 0.2) is 11.6 Å². The highest BCUT2D eigenvalue weighted by molar-refractivity contribution is 7.13. The summed E-state index contributed by atoms with van der Waals surface area (Å²) in [4.78, 5) is 39.4. The lowest BCUT2D eigenvalue weighted by Crippen LogP contribution is -2.49. The molecule has 1 aromatic carbocycles. The van der Waals surface area contributed by atoms with Crippen molar-refractivity contribution in [3.05, 3.63) is 52.9 Å². The van der Waals surface area contributed by atoms with E-state index in [0.717, 1.165) is 80.8 Å². The Labute approximate surface area is 281 Å². The number of piperazine rings is 1. The Balaban J connectivity index is 1.03. The number of carbonyl (C=O) groups is 2. The van der Waals surface area contributed by atoms with Crippen molar-refractivity contribution in [1.82, 2.24) is 30.6 Å². The monoisotopic (exact) mass is 663 g/mol. The molecule has 0 saturated carbocycles. The third-order valence-electron chi connectivity index (χ3n) is 10.1. The molecule has 3 aliphatic rings. The predicted octanol–water partition coefficient (Wildman–Crippen LogP) is 3.29. The van der Waals surface area contributed by atoms with Gasteiger partial charge in [-0.3, -0.25) is 14.5 Å². The summed E-state index contributed by atoms with van der Waals surface area (Å²) >= 11 is 1.63. The number of benzene rings is 1. The quantitative estimate of drug-likeness (QED) is 0.268. The van der Waals surface area contributed by atoms with Crippen molar-refractivity contribution in [3.8, 4) is 10.4 Å². The molecule has 0 aliphatic carbocycles. The summed E-state index contributed by atoms with van der Waals surface area (Å²) in [6, 6.07) is 9.71. The Kier molecular flexibility index (Phi) is 11.2. The summed E-state index contributed by atoms with van der Waals surface area (Å²) in [5, 5.41) is 21.0. The van der Waals surface area contributed by atoms with Gasteiger partial charge in [0.2, 0.25) is 11.8 Å². The molecule has 6 rings (SSSR count). The number of hydrogen-bond acceptors (Lipinski definition) is 10. The van der Waals surface area contributed by atoms with Gasteiger partial charge in [0, 0.05) is 58.5 Å². The molecule has 0 radical (unpaired) electrons. The SMILES string of the molecule is Cc1ncsc1-c1ccc(CCNC(=O)[C@@H]2CCCN2C(=O)[C@H](c2cc(N3CCN(CC4CCNCC4)CC3)no2)[C@H](C)CO)cc1. The first-order valence-electron chi connectivity index (χ1n) is 17.2. The molecule has 5 heterocycles. The Bertz CT molecular complexity index is 1460. The molecule has 3 saturated heterocycles. The number of carbonyl (C=O) groups excluding carboxylic acids is 2. The van der Waals surface area contributed by atoms with Gasteiger partial charge >= 0.3 is 0 Å². The lowest BCUT2D eigenvalue weighted by molar-refractivity contribution is -0.141. The van der Waals surface area contributed by atoms with Crippen molar-refractivity contribution in [1.29, 1.82) is 0 Å². The molecule has 11 nitrogen and oxygen atoms in total. The van der Waals surface area contributed by atoms with Crippen molar-refractivity contribution < 1.29 is 19.2 Å². The average Bonchev–Trinajstić information content (AvgIpc) is 3.88. The van der Waals surface area contributed by atoms with Crippen LogP contribution in [0.3, 0.4) is 0 Å². The van der Waals surface area contributed by atoms with Crippen molar-refractivity contribution in [2.45, 2.75) is 57.9 Å². The third kappa shape index (κ3) is 8.05. The van der Waals surface area contributed by atoms with Gasteiger partial charge in [0.25, 0.3) is 0 Å². The molecule has 0 spiro atoms. The van der Waals surface area contributed by atoms with Crippen LogP contribution >= 0.6 is 11.3 Å². The maximum Gasteiger partial charge on any atom is 0.242 e. The van der Waals surface area contributed by atoms with Crippen LogP contribution in [0.25, 0.3) is 10.4 Å². The molecular formula is C35H49N7O4S. The molecule has 254 valence electrons. The molecular weight excluding hydrogens is 614 g/mol. The van der Waals surface area contributed by atoms with E-state index < -0.39 is 12.0 Å². The summed E-state index contributed by atoms with van der Waals surface area (Å²) in [6.45, 7) is 11.7. The molecule has 3 N–H and O–H groups in total. The van der Waals surface area contributed by atoms with E-state index in [1.54, 1.807) is 16.2 Å². The Morgan fingerprint density at radius 2 is 1.87 bits per heavy atom. The first-order valence-corrected chi connectivity index (χ1v) is 18.1. The number of anilines is 1. The summed E-state index contributed by atoms with van der Waals surface area (Å²) in [5.74, 6) is 0.530. The van der Waals surface area contributed by atoms with E-state index in [0.29, 0.717) is 31.7 Å². The number of piperidine rings is 1. The van der Waals surface area contributed by atoms with Crippen LogP contribution in [0.5, 0.6) is 0 Å². The highest BCUT2D eigenvalue weighted by Gasteiger charge is 2.41. The third-order valence-corrected chi connectivity index (χ3v) is 11.1. The minimum atomic E-state index is -0.712. The summed E-state index contributed by atoms with van der Waals surface area (Å²) in [6.07, 6.45) is 4.56. The van der Waals surface area contributed by atoms with Gasteiger partial charge in [-0.2, -0.15) is 0 Å². The van der Waals surface area contributed by atoms with Crippen molar-refractivity contribution in [3.63, 3.8) is 0 Å². The van der Waals surface area contributed by atoms with Crippen LogP contribution in [0.2, 0.25) is 0 Å². The minimum Gasteiger partial charge on any atom is -0.396 e. The zero-order valence-corrected chi connectivity index (χ0v) is 28.5. The number of amides is 2. The number of aliphatic hydroxyl groups is 1. The number of nitrogens with one attached hydrogen (secondary N) is 2. The van der Waals surface area contributed by atoms with E-state index in [1.807, 2.05) is 25.4 Å². The lowest BCUT2D eigenvalue weighted by Gasteiger charge is -2.37. The van der Waals surface area contributed by atoms with Gasteiger partial charge in [0.1, 0.15) is 12.0 Å². The second kappa shape index (κ2) is 15.7. The van der Waals surface area contributed by atoms with E-state index in [9.17, 15) is 14.7 Å². The van der Waals surface area contributed by atoms with Crippen LogP contribution in [0.15, 0.2) is 40.4 Å². The van der Waals surface area contributed by atoms with Gasteiger partial charge in [-0.25, -0.2) is 4.98 Å². The standard InChI is InChI=1S/C35H49N7O4S/c1-24(22-43)32(30-20-31(39-46-30)41-18-16-40(17-19-41)21-27-9-12-36-13-10-27)35(45)42-15-3-4-29(42)34(44)37-14-11-26-5-7-28(8-6-26)33-25(2)38-23-47-33/h5-8,20,23-24,27,29,32,36,43H,3-4,9-19,21-22H2,1-2H3,(H,37,44)/t24-,29+,32+/m1/s1. The maximum absolute atomic E-state index is 14.0. The van der Waals surface area contributed by atoms with Crippen LogP contribution < -0.4 is 15.5 Å². The Morgan fingerprint density at radius 3 is 2.57 bits per heavy atom. The summed E-state index contributed by atoms with van der Waals surface area (Å²) < 4.78 is 5.81. The smallest absolute Gasteiger partial charge is 0.242 e. The van der Waals surface area contributed by atoms with E-state index in [4.69, 9.17) is 4.52 Å². The van der Waals surface area contributed by atoms with Crippen LogP contribution in [0.1, 0.15) is 55.5 Å². The molecule has 3 fully saturated rings. The molecule has 0 bridgehead atoms. The van der Waals surface area contributed by atoms with Crippen molar-refractivity contribution >= 4 is 29.0 Å². The number of likely N-dealkylation sites (tertiary alicyclic amines) is 1. The molecule has 3 aromatic rings. The number of thiazole rings is 1. The second-order valence-corrected chi connectivity index (χ2v) is 14.3. The van der Waals surface area contributed by atoms with E-state index >= 15 is 0 Å². The van der Waals surface area contributed by atoms with Gasteiger partial charge in [-0.05, 0) is 75.1 Å². The first-order chi connectivity index (χ1) is 22.9. The number of hydrogen-bond donors (Lipinski definition) is 3. The number of aliphatic hydroxyl groups excluding tert-OH is 1. The average molecular weight is 664 g/mol. The van der Waals surface area contributed by atoms with E-state index in [1.165, 1.54) is 17.7 Å². The highest BCUT2D eigenvalue weighted by atomic mass is 32.1. The Morgan fingerprint density at radius 1 is 1.11 bits per heavy atom. The normalized spacial score (nSPS) is 20.8. The molecule has 3 atom stereocenters. The molecule has 3 aliphatic heterocycles. The molecule has 12 heteroatoms. The van der Waals surface area contributed by atoms with Crippen LogP contribution in [0.4, 0.5) is 5.82 Å². The fraction of sp³-hybridized carbons (Fsp3) is 0.600. The predicted molar refractivity (Wildman–Crippen MR) is 183 cm³/mol. The fourth-order valence-corrected chi connectivity index (χ4v) is 8.06. The summed E-state index contributed by atoms with van der Waals surface area (Å²) in [7, 11) is 0. The van der Waals surface area contributed by atoms with Gasteiger partial charge in [0.05, 0.1) is 16.1 Å². The molecule has 2 amide bonds. The van der Waals surface area contributed by atoms with Gasteiger partial charge in [-0.15, -0.1) is 11.3 Å². The molecule has 47 heavy (non-hydrogen) atoms. The maximum atomic E-state index is 14.0. The van der Waals surface area contributed by atoms with Crippen molar-refractivity contribution in [2.75, 3.05) is 70.4 Å². The zero-order valence-electron chi connectivity index (χ0n) is 27.7. The minimum absolute atomic E-state index is 0.135. The van der Waals surface area contributed by atoms with Crippen LogP contribution in [0, 0.1) is 18.8 Å². The Hall–Kier alpha value is -3.32. The van der Waals surface area contributed by atoms with Gasteiger partial charge in [-0.1, -0.05) is 36.3 Å². The molecule has 0 unspecified atom stereocenters.